The van der Waals surface area contributed by atoms with E-state index in [9.17, 15) is 9.59 Å². The van der Waals surface area contributed by atoms with Gasteiger partial charge in [0.05, 0.1) is 13.0 Å². The van der Waals surface area contributed by atoms with Gasteiger partial charge in [-0.1, -0.05) is 20.8 Å². The van der Waals surface area contributed by atoms with Crippen molar-refractivity contribution in [3.63, 3.8) is 0 Å². The SMILES string of the molecule is CCC(C)(C)C(=O)CC1CC2CC1CC21COC(=O)C1. The Hall–Kier alpha value is -0.860. The Labute approximate surface area is 121 Å². The molecule has 1 saturated heterocycles. The van der Waals surface area contributed by atoms with Crippen LogP contribution in [0.25, 0.3) is 0 Å². The highest BCUT2D eigenvalue weighted by atomic mass is 16.5. The zero-order valence-electron chi connectivity index (χ0n) is 12.9. The molecular formula is C17H26O3. The fraction of sp³-hybridized carbons (Fsp3) is 0.882. The number of carbonyl (C=O) groups excluding carboxylic acids is 2. The third-order valence-corrected chi connectivity index (χ3v) is 6.48. The van der Waals surface area contributed by atoms with Gasteiger partial charge in [0, 0.05) is 17.3 Å². The van der Waals surface area contributed by atoms with Crippen LogP contribution in [-0.4, -0.2) is 18.4 Å². The Morgan fingerprint density at radius 1 is 1.40 bits per heavy atom. The molecule has 3 aliphatic rings. The molecule has 0 amide bonds. The van der Waals surface area contributed by atoms with Gasteiger partial charge < -0.3 is 4.74 Å². The average molecular weight is 278 g/mol. The van der Waals surface area contributed by atoms with Crippen molar-refractivity contribution in [2.45, 2.75) is 59.3 Å². The van der Waals surface area contributed by atoms with Gasteiger partial charge in [-0.25, -0.2) is 0 Å². The maximum Gasteiger partial charge on any atom is 0.306 e. The van der Waals surface area contributed by atoms with Gasteiger partial charge in [0.15, 0.2) is 0 Å². The van der Waals surface area contributed by atoms with E-state index >= 15 is 0 Å². The van der Waals surface area contributed by atoms with Crippen molar-refractivity contribution < 1.29 is 14.3 Å². The summed E-state index contributed by atoms with van der Waals surface area (Å²) in [6.07, 6.45) is 5.73. The predicted octanol–water partition coefficient (Wildman–Crippen LogP) is 3.36. The molecule has 0 N–H and O–H groups in total. The average Bonchev–Trinajstić information content (AvgIpc) is 3.05. The molecule has 2 bridgehead atoms. The van der Waals surface area contributed by atoms with Crippen LogP contribution < -0.4 is 0 Å². The van der Waals surface area contributed by atoms with E-state index in [0.717, 1.165) is 25.7 Å². The van der Waals surface area contributed by atoms with Crippen LogP contribution in [0.3, 0.4) is 0 Å². The molecule has 2 saturated carbocycles. The monoisotopic (exact) mass is 278 g/mol. The molecule has 4 atom stereocenters. The lowest BCUT2D eigenvalue weighted by Gasteiger charge is -2.35. The molecule has 0 aromatic carbocycles. The lowest BCUT2D eigenvalue weighted by atomic mass is 9.68. The molecule has 0 aromatic heterocycles. The van der Waals surface area contributed by atoms with Gasteiger partial charge in [-0.3, -0.25) is 9.59 Å². The fourth-order valence-corrected chi connectivity index (χ4v) is 4.62. The van der Waals surface area contributed by atoms with E-state index in [4.69, 9.17) is 4.74 Å². The van der Waals surface area contributed by atoms with Crippen LogP contribution in [0.2, 0.25) is 0 Å². The molecule has 0 aromatic rings. The zero-order valence-corrected chi connectivity index (χ0v) is 12.9. The van der Waals surface area contributed by atoms with Gasteiger partial charge in [-0.15, -0.1) is 0 Å². The molecule has 3 heteroatoms. The summed E-state index contributed by atoms with van der Waals surface area (Å²) in [7, 11) is 0. The van der Waals surface area contributed by atoms with Crippen molar-refractivity contribution >= 4 is 11.8 Å². The van der Waals surface area contributed by atoms with Gasteiger partial charge in [0.2, 0.25) is 0 Å². The van der Waals surface area contributed by atoms with Crippen LogP contribution in [0.1, 0.15) is 59.3 Å². The normalized spacial score (nSPS) is 39.5. The van der Waals surface area contributed by atoms with Gasteiger partial charge in [0.25, 0.3) is 0 Å². The first-order chi connectivity index (χ1) is 9.36. The minimum atomic E-state index is -0.175. The summed E-state index contributed by atoms with van der Waals surface area (Å²) in [6.45, 7) is 6.85. The second kappa shape index (κ2) is 4.57. The number of hydrogen-bond acceptors (Lipinski definition) is 3. The molecule has 1 spiro atoms. The summed E-state index contributed by atoms with van der Waals surface area (Å²) in [5.41, 5.74) is -0.0342. The molecule has 3 fully saturated rings. The maximum atomic E-state index is 12.4. The summed E-state index contributed by atoms with van der Waals surface area (Å²) in [5.74, 6) is 2.22. The van der Waals surface area contributed by atoms with Gasteiger partial charge in [0.1, 0.15) is 5.78 Å². The van der Waals surface area contributed by atoms with E-state index in [0.29, 0.717) is 36.6 Å². The Morgan fingerprint density at radius 2 is 2.15 bits per heavy atom. The number of ether oxygens (including phenoxy) is 1. The number of Topliss-reactive ketones (excluding diaryl/α,β-unsaturated/α-hetero) is 1. The molecule has 3 nitrogen and oxygen atoms in total. The van der Waals surface area contributed by atoms with Crippen LogP contribution in [0, 0.1) is 28.6 Å². The molecule has 4 unspecified atom stereocenters. The lowest BCUT2D eigenvalue weighted by Crippen LogP contribution is -2.33. The highest BCUT2D eigenvalue weighted by Gasteiger charge is 2.58. The van der Waals surface area contributed by atoms with Gasteiger partial charge in [-0.2, -0.15) is 0 Å². The van der Waals surface area contributed by atoms with E-state index in [-0.39, 0.29) is 16.8 Å². The number of rotatable bonds is 4. The van der Waals surface area contributed by atoms with Crippen molar-refractivity contribution in [2.75, 3.05) is 6.61 Å². The minimum Gasteiger partial charge on any atom is -0.465 e. The summed E-state index contributed by atoms with van der Waals surface area (Å²) >= 11 is 0. The predicted molar refractivity (Wildman–Crippen MR) is 76.0 cm³/mol. The first-order valence-electron chi connectivity index (χ1n) is 8.05. The summed E-state index contributed by atoms with van der Waals surface area (Å²) in [5, 5.41) is 0. The molecule has 2 aliphatic carbocycles. The number of cyclic esters (lactones) is 1. The Bertz CT molecular complexity index is 440. The Balaban J connectivity index is 1.62. The molecular weight excluding hydrogens is 252 g/mol. The quantitative estimate of drug-likeness (QED) is 0.741. The molecule has 1 heterocycles. The van der Waals surface area contributed by atoms with Gasteiger partial charge >= 0.3 is 5.97 Å². The first-order valence-corrected chi connectivity index (χ1v) is 8.05. The van der Waals surface area contributed by atoms with Crippen LogP contribution in [-0.2, 0) is 14.3 Å². The van der Waals surface area contributed by atoms with E-state index in [1.54, 1.807) is 0 Å². The van der Waals surface area contributed by atoms with E-state index in [1.807, 2.05) is 0 Å². The van der Waals surface area contributed by atoms with Crippen molar-refractivity contribution in [3.05, 3.63) is 0 Å². The second-order valence-electron chi connectivity index (χ2n) is 7.96. The van der Waals surface area contributed by atoms with Crippen molar-refractivity contribution in [3.8, 4) is 0 Å². The largest absolute Gasteiger partial charge is 0.465 e. The lowest BCUT2D eigenvalue weighted by molar-refractivity contribution is -0.138. The number of carbonyl (C=O) groups is 2. The number of fused-ring (bicyclic) bond motifs is 3. The van der Waals surface area contributed by atoms with Gasteiger partial charge in [-0.05, 0) is 43.4 Å². The molecule has 112 valence electrons. The molecule has 1 aliphatic heterocycles. The van der Waals surface area contributed by atoms with Crippen LogP contribution in [0.5, 0.6) is 0 Å². The Kier molecular flexibility index (Phi) is 3.22. The van der Waals surface area contributed by atoms with E-state index < -0.39 is 0 Å². The highest BCUT2D eigenvalue weighted by molar-refractivity contribution is 5.84. The number of esters is 1. The van der Waals surface area contributed by atoms with E-state index in [1.165, 1.54) is 6.42 Å². The topological polar surface area (TPSA) is 43.4 Å². The summed E-state index contributed by atoms with van der Waals surface area (Å²) in [6, 6.07) is 0. The second-order valence-corrected chi connectivity index (χ2v) is 7.96. The number of hydrogen-bond donors (Lipinski definition) is 0. The van der Waals surface area contributed by atoms with Crippen LogP contribution in [0.4, 0.5) is 0 Å². The Morgan fingerprint density at radius 3 is 2.65 bits per heavy atom. The maximum absolute atomic E-state index is 12.4. The van der Waals surface area contributed by atoms with Crippen LogP contribution in [0.15, 0.2) is 0 Å². The van der Waals surface area contributed by atoms with Crippen LogP contribution >= 0.6 is 0 Å². The first kappa shape index (κ1) is 14.1. The molecule has 3 rings (SSSR count). The smallest absolute Gasteiger partial charge is 0.306 e. The summed E-state index contributed by atoms with van der Waals surface area (Å²) in [4.78, 5) is 23.8. The minimum absolute atomic E-state index is 0.0164. The third kappa shape index (κ3) is 2.10. The van der Waals surface area contributed by atoms with E-state index in [2.05, 4.69) is 20.8 Å². The third-order valence-electron chi connectivity index (χ3n) is 6.48. The van der Waals surface area contributed by atoms with Crippen molar-refractivity contribution in [1.29, 1.82) is 0 Å². The zero-order chi connectivity index (χ0) is 14.5. The van der Waals surface area contributed by atoms with Crippen molar-refractivity contribution in [1.82, 2.24) is 0 Å². The standard InChI is InChI=1S/C17H26O3/c1-4-16(2,3)14(18)7-11-5-13-6-12(11)8-17(13)9-15(19)20-10-17/h11-13H,4-10H2,1-3H3. The highest BCUT2D eigenvalue weighted by Crippen LogP contribution is 2.62. The molecule has 20 heavy (non-hydrogen) atoms. The number of ketones is 1. The fourth-order valence-electron chi connectivity index (χ4n) is 4.62. The molecule has 0 radical (unpaired) electrons. The summed E-state index contributed by atoms with van der Waals surface area (Å²) < 4.78 is 5.23. The van der Waals surface area contributed by atoms with Crippen molar-refractivity contribution in [2.24, 2.45) is 28.6 Å².